The van der Waals surface area contributed by atoms with Crippen LogP contribution in [0.4, 0.5) is 5.69 Å². The Kier molecular flexibility index (Phi) is 6.69. The van der Waals surface area contributed by atoms with E-state index in [2.05, 4.69) is 21.9 Å². The number of nitrogens with zero attached hydrogens (tertiary/aromatic N) is 2. The molecule has 0 N–H and O–H groups in total. The SMILES string of the molecule is COc1cc(CCN2CCN(c3ccc(Cl)cc3)CC2)cc(OC)c1OC. The molecule has 2 aromatic rings. The lowest BCUT2D eigenvalue weighted by atomic mass is 10.1. The van der Waals surface area contributed by atoms with Gasteiger partial charge in [-0.25, -0.2) is 0 Å². The number of hydrogen-bond donors (Lipinski definition) is 0. The summed E-state index contributed by atoms with van der Waals surface area (Å²) in [5.41, 5.74) is 2.42. The summed E-state index contributed by atoms with van der Waals surface area (Å²) < 4.78 is 16.3. The van der Waals surface area contributed by atoms with Gasteiger partial charge in [-0.05, 0) is 48.4 Å². The van der Waals surface area contributed by atoms with Gasteiger partial charge in [-0.3, -0.25) is 4.90 Å². The Balaban J connectivity index is 1.56. The van der Waals surface area contributed by atoms with Crippen molar-refractivity contribution in [1.29, 1.82) is 0 Å². The first-order valence-electron chi connectivity index (χ1n) is 9.16. The molecule has 146 valence electrons. The fourth-order valence-electron chi connectivity index (χ4n) is 3.45. The predicted molar refractivity (Wildman–Crippen MR) is 110 cm³/mol. The molecule has 0 radical (unpaired) electrons. The summed E-state index contributed by atoms with van der Waals surface area (Å²) in [5.74, 6) is 2.05. The van der Waals surface area contributed by atoms with E-state index in [-0.39, 0.29) is 0 Å². The Morgan fingerprint density at radius 3 is 1.96 bits per heavy atom. The highest BCUT2D eigenvalue weighted by molar-refractivity contribution is 6.30. The lowest BCUT2D eigenvalue weighted by molar-refractivity contribution is 0.260. The number of rotatable bonds is 7. The minimum atomic E-state index is 0.639. The molecule has 1 heterocycles. The van der Waals surface area contributed by atoms with Crippen LogP contribution in [-0.4, -0.2) is 59.0 Å². The number of hydrogen-bond acceptors (Lipinski definition) is 5. The van der Waals surface area contributed by atoms with Gasteiger partial charge in [0.25, 0.3) is 0 Å². The smallest absolute Gasteiger partial charge is 0.203 e. The molecule has 2 aromatic carbocycles. The molecule has 1 aliphatic heterocycles. The van der Waals surface area contributed by atoms with E-state index in [1.54, 1.807) is 21.3 Å². The Morgan fingerprint density at radius 2 is 1.44 bits per heavy atom. The zero-order chi connectivity index (χ0) is 19.2. The maximum absolute atomic E-state index is 5.98. The summed E-state index contributed by atoms with van der Waals surface area (Å²) in [6.45, 7) is 5.15. The van der Waals surface area contributed by atoms with Gasteiger partial charge in [0.2, 0.25) is 5.75 Å². The van der Waals surface area contributed by atoms with Crippen LogP contribution in [0.2, 0.25) is 5.02 Å². The average molecular weight is 391 g/mol. The quantitative estimate of drug-likeness (QED) is 0.719. The second-order valence-corrected chi connectivity index (χ2v) is 7.03. The maximum atomic E-state index is 5.98. The normalized spacial score (nSPS) is 14.9. The lowest BCUT2D eigenvalue weighted by Gasteiger charge is -2.36. The molecule has 0 atom stereocenters. The van der Waals surface area contributed by atoms with Gasteiger partial charge in [-0.15, -0.1) is 0 Å². The fraction of sp³-hybridized carbons (Fsp3) is 0.429. The second-order valence-electron chi connectivity index (χ2n) is 6.59. The molecule has 1 saturated heterocycles. The molecular weight excluding hydrogens is 364 g/mol. The zero-order valence-corrected chi connectivity index (χ0v) is 17.0. The Hall–Kier alpha value is -2.11. The van der Waals surface area contributed by atoms with Crippen LogP contribution in [0.1, 0.15) is 5.56 Å². The van der Waals surface area contributed by atoms with Gasteiger partial charge in [0.15, 0.2) is 11.5 Å². The van der Waals surface area contributed by atoms with Crippen LogP contribution in [0.3, 0.4) is 0 Å². The third-order valence-corrected chi connectivity index (χ3v) is 5.26. The van der Waals surface area contributed by atoms with E-state index in [4.69, 9.17) is 25.8 Å². The van der Waals surface area contributed by atoms with Crippen LogP contribution >= 0.6 is 11.6 Å². The average Bonchev–Trinajstić information content (AvgIpc) is 2.72. The summed E-state index contributed by atoms with van der Waals surface area (Å²) in [5, 5.41) is 0.780. The van der Waals surface area contributed by atoms with Gasteiger partial charge in [0.1, 0.15) is 0 Å². The Morgan fingerprint density at radius 1 is 0.852 bits per heavy atom. The molecule has 0 amide bonds. The van der Waals surface area contributed by atoms with Crippen molar-refractivity contribution in [2.45, 2.75) is 6.42 Å². The number of benzene rings is 2. The van der Waals surface area contributed by atoms with E-state index < -0.39 is 0 Å². The minimum absolute atomic E-state index is 0.639. The summed E-state index contributed by atoms with van der Waals surface area (Å²) >= 11 is 5.98. The fourth-order valence-corrected chi connectivity index (χ4v) is 3.57. The van der Waals surface area contributed by atoms with Gasteiger partial charge in [0.05, 0.1) is 21.3 Å². The van der Waals surface area contributed by atoms with Crippen LogP contribution in [0.25, 0.3) is 0 Å². The van der Waals surface area contributed by atoms with Crippen LogP contribution in [0.5, 0.6) is 17.2 Å². The first kappa shape index (κ1) is 19.6. The minimum Gasteiger partial charge on any atom is -0.493 e. The highest BCUT2D eigenvalue weighted by atomic mass is 35.5. The molecule has 5 nitrogen and oxygen atoms in total. The monoisotopic (exact) mass is 390 g/mol. The Bertz CT molecular complexity index is 719. The van der Waals surface area contributed by atoms with Crippen LogP contribution in [-0.2, 0) is 6.42 Å². The van der Waals surface area contributed by atoms with Gasteiger partial charge >= 0.3 is 0 Å². The van der Waals surface area contributed by atoms with Gasteiger partial charge in [-0.2, -0.15) is 0 Å². The van der Waals surface area contributed by atoms with Gasteiger partial charge in [-0.1, -0.05) is 11.6 Å². The van der Waals surface area contributed by atoms with Gasteiger partial charge in [0, 0.05) is 43.4 Å². The standard InChI is InChI=1S/C21H27ClN2O3/c1-25-19-14-16(15-20(26-2)21(19)27-3)8-9-23-10-12-24(13-11-23)18-6-4-17(22)5-7-18/h4-7,14-15H,8-13H2,1-3H3. The number of anilines is 1. The predicted octanol–water partition coefficient (Wildman–Crippen LogP) is 3.73. The van der Waals surface area contributed by atoms with Crippen molar-refractivity contribution >= 4 is 17.3 Å². The molecule has 1 fully saturated rings. The summed E-state index contributed by atoms with van der Waals surface area (Å²) in [6.07, 6.45) is 0.942. The summed E-state index contributed by atoms with van der Waals surface area (Å²) in [4.78, 5) is 4.90. The molecule has 6 heteroatoms. The molecule has 0 aromatic heterocycles. The van der Waals surface area contributed by atoms with Crippen LogP contribution < -0.4 is 19.1 Å². The lowest BCUT2D eigenvalue weighted by Crippen LogP contribution is -2.46. The Labute approximate surface area is 166 Å². The topological polar surface area (TPSA) is 34.2 Å². The molecule has 0 spiro atoms. The van der Waals surface area contributed by atoms with Crippen LogP contribution in [0.15, 0.2) is 36.4 Å². The molecule has 0 unspecified atom stereocenters. The van der Waals surface area contributed by atoms with Crippen molar-refractivity contribution in [3.63, 3.8) is 0 Å². The third-order valence-electron chi connectivity index (χ3n) is 5.01. The first-order valence-corrected chi connectivity index (χ1v) is 9.54. The molecule has 0 bridgehead atoms. The molecule has 3 rings (SSSR count). The summed E-state index contributed by atoms with van der Waals surface area (Å²) in [7, 11) is 4.92. The number of ether oxygens (including phenoxy) is 3. The largest absolute Gasteiger partial charge is 0.493 e. The second kappa shape index (κ2) is 9.20. The molecule has 27 heavy (non-hydrogen) atoms. The van der Waals surface area contributed by atoms with Crippen LogP contribution in [0, 0.1) is 0 Å². The van der Waals surface area contributed by atoms with E-state index in [0.29, 0.717) is 17.2 Å². The van der Waals surface area contributed by atoms with E-state index in [9.17, 15) is 0 Å². The van der Waals surface area contributed by atoms with E-state index in [1.165, 1.54) is 11.3 Å². The highest BCUT2D eigenvalue weighted by Gasteiger charge is 2.18. The zero-order valence-electron chi connectivity index (χ0n) is 16.2. The van der Waals surface area contributed by atoms with Crippen molar-refractivity contribution in [2.24, 2.45) is 0 Å². The van der Waals surface area contributed by atoms with Crippen molar-refractivity contribution in [3.05, 3.63) is 47.0 Å². The molecule has 0 aliphatic carbocycles. The van der Waals surface area contributed by atoms with E-state index in [0.717, 1.165) is 44.2 Å². The van der Waals surface area contributed by atoms with Crippen molar-refractivity contribution in [1.82, 2.24) is 4.90 Å². The molecule has 0 saturated carbocycles. The van der Waals surface area contributed by atoms with Crippen molar-refractivity contribution in [3.8, 4) is 17.2 Å². The number of halogens is 1. The highest BCUT2D eigenvalue weighted by Crippen LogP contribution is 2.38. The third kappa shape index (κ3) is 4.79. The number of methoxy groups -OCH3 is 3. The van der Waals surface area contributed by atoms with Crippen molar-refractivity contribution < 1.29 is 14.2 Å². The number of piperazine rings is 1. The van der Waals surface area contributed by atoms with E-state index >= 15 is 0 Å². The molecular formula is C21H27ClN2O3. The van der Waals surface area contributed by atoms with Crippen molar-refractivity contribution in [2.75, 3.05) is 59.0 Å². The summed E-state index contributed by atoms with van der Waals surface area (Å²) in [6, 6.07) is 12.2. The van der Waals surface area contributed by atoms with E-state index in [1.807, 2.05) is 24.3 Å². The van der Waals surface area contributed by atoms with Gasteiger partial charge < -0.3 is 19.1 Å². The molecule has 1 aliphatic rings. The maximum Gasteiger partial charge on any atom is 0.203 e. The first-order chi connectivity index (χ1) is 13.1.